The van der Waals surface area contributed by atoms with Gasteiger partial charge in [-0.1, -0.05) is 11.6 Å². The molecule has 1 fully saturated rings. The Kier molecular flexibility index (Phi) is 5.07. The molecular weight excluding hydrogens is 445 g/mol. The van der Waals surface area contributed by atoms with E-state index in [1.54, 1.807) is 35.2 Å². The Labute approximate surface area is 186 Å². The Hall–Kier alpha value is -2.69. The Balaban J connectivity index is 1.35. The van der Waals surface area contributed by atoms with E-state index in [1.165, 1.54) is 0 Å². The van der Waals surface area contributed by atoms with Crippen molar-refractivity contribution in [1.29, 1.82) is 0 Å². The summed E-state index contributed by atoms with van der Waals surface area (Å²) >= 11 is 11.9. The summed E-state index contributed by atoms with van der Waals surface area (Å²) < 4.78 is 13.3. The SMILES string of the molecule is Nc1nc(Cl)nc2c1ccn2[C@@H]1O[C@H](COc2ccc3cc(Cl)cnc3c2)[C@@H](O)[C@H]1O. The minimum absolute atomic E-state index is 0.0188. The number of fused-ring (bicyclic) bond motifs is 2. The molecule has 4 aromatic rings. The summed E-state index contributed by atoms with van der Waals surface area (Å²) in [6, 6.07) is 8.88. The fourth-order valence-electron chi connectivity index (χ4n) is 3.67. The standard InChI is InChI=1S/C20H17Cl2N5O4/c21-10-5-9-1-2-11(6-13(9)24-7-10)30-8-14-15(28)16(29)19(31-14)27-4-3-12-17(23)25-20(22)26-18(12)27/h1-7,14-16,19,28-29H,8H2,(H2,23,25,26)/t14-,15-,16-,19-/m1/s1. The minimum Gasteiger partial charge on any atom is -0.491 e. The number of nitrogens with two attached hydrogens (primary N) is 1. The van der Waals surface area contributed by atoms with E-state index < -0.39 is 24.5 Å². The number of aliphatic hydroxyl groups is 2. The molecule has 0 amide bonds. The van der Waals surface area contributed by atoms with Gasteiger partial charge in [-0.15, -0.1) is 0 Å². The number of nitrogen functional groups attached to an aromatic ring is 1. The van der Waals surface area contributed by atoms with Crippen LogP contribution in [0.25, 0.3) is 21.9 Å². The van der Waals surface area contributed by atoms with Crippen LogP contribution >= 0.6 is 23.2 Å². The molecule has 160 valence electrons. The number of pyridine rings is 1. The molecule has 0 radical (unpaired) electrons. The van der Waals surface area contributed by atoms with Crippen LogP contribution in [0.3, 0.4) is 0 Å². The third-order valence-corrected chi connectivity index (χ3v) is 5.60. The van der Waals surface area contributed by atoms with Crippen LogP contribution in [0, 0.1) is 0 Å². The molecule has 4 N–H and O–H groups in total. The zero-order valence-corrected chi connectivity index (χ0v) is 17.4. The molecule has 5 rings (SSSR count). The number of hydrogen-bond donors (Lipinski definition) is 3. The molecule has 4 atom stereocenters. The Morgan fingerprint density at radius 3 is 2.81 bits per heavy atom. The van der Waals surface area contributed by atoms with Gasteiger partial charge in [-0.05, 0) is 35.9 Å². The predicted octanol–water partition coefficient (Wildman–Crippen LogP) is 2.57. The number of ether oxygens (including phenoxy) is 2. The average Bonchev–Trinajstić information content (AvgIpc) is 3.28. The quantitative estimate of drug-likeness (QED) is 0.395. The van der Waals surface area contributed by atoms with Gasteiger partial charge in [0.2, 0.25) is 5.28 Å². The van der Waals surface area contributed by atoms with Crippen molar-refractivity contribution in [3.8, 4) is 5.75 Å². The highest BCUT2D eigenvalue weighted by Crippen LogP contribution is 2.34. The molecule has 0 saturated carbocycles. The van der Waals surface area contributed by atoms with Gasteiger partial charge in [-0.3, -0.25) is 4.98 Å². The zero-order valence-electron chi connectivity index (χ0n) is 15.9. The van der Waals surface area contributed by atoms with Crippen molar-refractivity contribution in [3.05, 3.63) is 53.0 Å². The zero-order chi connectivity index (χ0) is 21.7. The third-order valence-electron chi connectivity index (χ3n) is 5.22. The van der Waals surface area contributed by atoms with Crippen LogP contribution < -0.4 is 10.5 Å². The van der Waals surface area contributed by atoms with Crippen LogP contribution in [0.2, 0.25) is 10.3 Å². The van der Waals surface area contributed by atoms with E-state index in [9.17, 15) is 10.2 Å². The molecule has 1 aromatic carbocycles. The van der Waals surface area contributed by atoms with Crippen molar-refractivity contribution in [2.24, 2.45) is 0 Å². The van der Waals surface area contributed by atoms with Gasteiger partial charge in [0, 0.05) is 23.8 Å². The van der Waals surface area contributed by atoms with Crippen molar-refractivity contribution in [2.75, 3.05) is 12.3 Å². The second kappa shape index (κ2) is 7.77. The molecule has 0 spiro atoms. The Morgan fingerprint density at radius 1 is 1.13 bits per heavy atom. The second-order valence-corrected chi connectivity index (χ2v) is 7.98. The van der Waals surface area contributed by atoms with E-state index >= 15 is 0 Å². The number of anilines is 1. The van der Waals surface area contributed by atoms with Gasteiger partial charge in [-0.25, -0.2) is 4.98 Å². The van der Waals surface area contributed by atoms with E-state index in [4.69, 9.17) is 38.4 Å². The lowest BCUT2D eigenvalue weighted by Crippen LogP contribution is -2.34. The van der Waals surface area contributed by atoms with Gasteiger partial charge in [0.05, 0.1) is 15.9 Å². The summed E-state index contributed by atoms with van der Waals surface area (Å²) in [6.45, 7) is 0.0188. The van der Waals surface area contributed by atoms with Crippen LogP contribution in [0.15, 0.2) is 42.7 Å². The molecule has 3 aromatic heterocycles. The predicted molar refractivity (Wildman–Crippen MR) is 115 cm³/mol. The number of halogens is 2. The molecule has 1 aliphatic rings. The first-order valence-electron chi connectivity index (χ1n) is 9.40. The molecule has 0 aliphatic carbocycles. The molecule has 0 unspecified atom stereocenters. The maximum absolute atomic E-state index is 10.6. The fraction of sp³-hybridized carbons (Fsp3) is 0.250. The molecule has 1 aliphatic heterocycles. The molecule has 11 heteroatoms. The highest BCUT2D eigenvalue weighted by molar-refractivity contribution is 6.31. The average molecular weight is 462 g/mol. The number of nitrogens with zero attached hydrogens (tertiary/aromatic N) is 4. The topological polar surface area (TPSA) is 129 Å². The van der Waals surface area contributed by atoms with Gasteiger partial charge in [-0.2, -0.15) is 4.98 Å². The third kappa shape index (κ3) is 3.64. The van der Waals surface area contributed by atoms with Gasteiger partial charge in [0.15, 0.2) is 6.23 Å². The maximum Gasteiger partial charge on any atom is 0.226 e. The summed E-state index contributed by atoms with van der Waals surface area (Å²) in [7, 11) is 0. The van der Waals surface area contributed by atoms with Crippen molar-refractivity contribution < 1.29 is 19.7 Å². The molecular formula is C20H17Cl2N5O4. The summed E-state index contributed by atoms with van der Waals surface area (Å²) in [6.07, 6.45) is -0.847. The van der Waals surface area contributed by atoms with Crippen molar-refractivity contribution in [2.45, 2.75) is 24.5 Å². The largest absolute Gasteiger partial charge is 0.491 e. The fourth-order valence-corrected chi connectivity index (χ4v) is 4.01. The summed E-state index contributed by atoms with van der Waals surface area (Å²) in [5, 5.41) is 23.1. The molecule has 9 nitrogen and oxygen atoms in total. The van der Waals surface area contributed by atoms with Crippen LogP contribution in [0.1, 0.15) is 6.23 Å². The van der Waals surface area contributed by atoms with E-state index in [2.05, 4.69) is 15.0 Å². The Morgan fingerprint density at radius 2 is 1.97 bits per heavy atom. The molecule has 1 saturated heterocycles. The first kappa shape index (κ1) is 20.2. The van der Waals surface area contributed by atoms with E-state index in [0.29, 0.717) is 21.8 Å². The lowest BCUT2D eigenvalue weighted by molar-refractivity contribution is -0.0471. The van der Waals surface area contributed by atoms with Crippen molar-refractivity contribution >= 4 is 51.0 Å². The normalized spacial score (nSPS) is 23.6. The lowest BCUT2D eigenvalue weighted by Gasteiger charge is -2.17. The van der Waals surface area contributed by atoms with Crippen LogP contribution in [0.5, 0.6) is 5.75 Å². The van der Waals surface area contributed by atoms with Gasteiger partial charge < -0.3 is 30.0 Å². The highest BCUT2D eigenvalue weighted by Gasteiger charge is 2.44. The summed E-state index contributed by atoms with van der Waals surface area (Å²) in [5.74, 6) is 0.766. The molecule has 0 bridgehead atoms. The monoisotopic (exact) mass is 461 g/mol. The minimum atomic E-state index is -1.21. The number of benzene rings is 1. The highest BCUT2D eigenvalue weighted by atomic mass is 35.5. The number of rotatable bonds is 4. The van der Waals surface area contributed by atoms with Gasteiger partial charge in [0.1, 0.15) is 42.1 Å². The first-order chi connectivity index (χ1) is 14.9. The maximum atomic E-state index is 10.6. The van der Waals surface area contributed by atoms with Crippen LogP contribution in [-0.2, 0) is 4.74 Å². The summed E-state index contributed by atoms with van der Waals surface area (Å²) in [5.41, 5.74) is 7.00. The molecule has 31 heavy (non-hydrogen) atoms. The number of aliphatic hydroxyl groups excluding tert-OH is 2. The lowest BCUT2D eigenvalue weighted by atomic mass is 10.1. The first-order valence-corrected chi connectivity index (χ1v) is 10.2. The number of hydrogen-bond acceptors (Lipinski definition) is 8. The number of aromatic nitrogens is 4. The molecule has 4 heterocycles. The second-order valence-electron chi connectivity index (χ2n) is 7.20. The van der Waals surface area contributed by atoms with Crippen molar-refractivity contribution in [3.63, 3.8) is 0 Å². The van der Waals surface area contributed by atoms with Crippen molar-refractivity contribution in [1.82, 2.24) is 19.5 Å². The van der Waals surface area contributed by atoms with Gasteiger partial charge >= 0.3 is 0 Å². The van der Waals surface area contributed by atoms with E-state index in [1.807, 2.05) is 12.1 Å². The van der Waals surface area contributed by atoms with Crippen LogP contribution in [-0.4, -0.2) is 54.7 Å². The van der Waals surface area contributed by atoms with E-state index in [0.717, 1.165) is 10.9 Å². The van der Waals surface area contributed by atoms with Crippen LogP contribution in [0.4, 0.5) is 5.82 Å². The smallest absolute Gasteiger partial charge is 0.226 e. The Bertz CT molecular complexity index is 1280. The van der Waals surface area contributed by atoms with E-state index in [-0.39, 0.29) is 17.7 Å². The van der Waals surface area contributed by atoms with Gasteiger partial charge in [0.25, 0.3) is 0 Å². The summed E-state index contributed by atoms with van der Waals surface area (Å²) in [4.78, 5) is 12.4.